The Bertz CT molecular complexity index is 440. The summed E-state index contributed by atoms with van der Waals surface area (Å²) >= 11 is 0. The minimum atomic E-state index is -0.199. The molecule has 0 aromatic heterocycles. The van der Waals surface area contributed by atoms with Crippen LogP contribution < -0.4 is 5.32 Å². The number of phenolic OH excluding ortho intramolecular Hbond substituents is 1. The Balaban J connectivity index is 1.66. The molecule has 0 aliphatic carbocycles. The van der Waals surface area contributed by atoms with E-state index >= 15 is 0 Å². The van der Waals surface area contributed by atoms with Gasteiger partial charge in [0.05, 0.1) is 5.56 Å². The topological polar surface area (TPSA) is 52.6 Å². The average Bonchev–Trinajstić information content (AvgIpc) is 2.46. The van der Waals surface area contributed by atoms with Crippen LogP contribution in [0.2, 0.25) is 0 Å². The van der Waals surface area contributed by atoms with Gasteiger partial charge in [-0.15, -0.1) is 0 Å². The van der Waals surface area contributed by atoms with Crippen molar-refractivity contribution in [3.8, 4) is 5.75 Å². The molecule has 2 N–H and O–H groups in total. The van der Waals surface area contributed by atoms with Gasteiger partial charge in [-0.25, -0.2) is 0 Å². The van der Waals surface area contributed by atoms with Crippen molar-refractivity contribution in [1.82, 2.24) is 10.2 Å². The van der Waals surface area contributed by atoms with Crippen molar-refractivity contribution >= 4 is 5.91 Å². The second kappa shape index (κ2) is 7.29. The highest BCUT2D eigenvalue weighted by molar-refractivity contribution is 5.96. The third-order valence-corrected chi connectivity index (χ3v) is 3.96. The summed E-state index contributed by atoms with van der Waals surface area (Å²) in [6, 6.07) is 6.63. The number of likely N-dealkylation sites (tertiary alicyclic amines) is 1. The zero-order valence-corrected chi connectivity index (χ0v) is 12.1. The number of benzene rings is 1. The number of hydrogen-bond acceptors (Lipinski definition) is 3. The maximum atomic E-state index is 11.9. The van der Waals surface area contributed by atoms with Crippen molar-refractivity contribution in [3.63, 3.8) is 0 Å². The van der Waals surface area contributed by atoms with E-state index in [0.29, 0.717) is 12.1 Å². The maximum Gasteiger partial charge on any atom is 0.255 e. The van der Waals surface area contributed by atoms with Gasteiger partial charge in [-0.05, 0) is 56.9 Å². The molecule has 0 unspecified atom stereocenters. The van der Waals surface area contributed by atoms with Crippen LogP contribution in [0.4, 0.5) is 0 Å². The molecule has 1 heterocycles. The number of amides is 1. The van der Waals surface area contributed by atoms with Gasteiger partial charge in [0.25, 0.3) is 5.91 Å². The number of carbonyl (C=O) groups is 1. The van der Waals surface area contributed by atoms with Crippen molar-refractivity contribution in [2.24, 2.45) is 5.92 Å². The standard InChI is InChI=1S/C16H24N2O2/c1-13-7-11-18(12-8-13)10-4-9-17-16(20)14-5-2-3-6-15(14)19/h2-3,5-6,13,19H,4,7-12H2,1H3,(H,17,20). The number of nitrogens with zero attached hydrogens (tertiary/aromatic N) is 1. The van der Waals surface area contributed by atoms with E-state index in [4.69, 9.17) is 0 Å². The lowest BCUT2D eigenvalue weighted by Crippen LogP contribution is -2.35. The fourth-order valence-electron chi connectivity index (χ4n) is 2.55. The lowest BCUT2D eigenvalue weighted by atomic mass is 9.99. The van der Waals surface area contributed by atoms with Crippen molar-refractivity contribution < 1.29 is 9.90 Å². The molecule has 0 spiro atoms. The molecular weight excluding hydrogens is 252 g/mol. The number of para-hydroxylation sites is 1. The van der Waals surface area contributed by atoms with Crippen LogP contribution in [-0.2, 0) is 0 Å². The predicted molar refractivity (Wildman–Crippen MR) is 79.9 cm³/mol. The molecule has 0 bridgehead atoms. The monoisotopic (exact) mass is 276 g/mol. The third kappa shape index (κ3) is 4.23. The smallest absolute Gasteiger partial charge is 0.255 e. The normalized spacial score (nSPS) is 17.1. The first-order valence-electron chi connectivity index (χ1n) is 7.45. The molecule has 4 nitrogen and oxygen atoms in total. The number of carbonyl (C=O) groups excluding carboxylic acids is 1. The number of rotatable bonds is 5. The highest BCUT2D eigenvalue weighted by Crippen LogP contribution is 2.16. The van der Waals surface area contributed by atoms with Crippen LogP contribution in [0, 0.1) is 5.92 Å². The summed E-state index contributed by atoms with van der Waals surface area (Å²) in [6.07, 6.45) is 3.52. The number of nitrogens with one attached hydrogen (secondary N) is 1. The zero-order valence-electron chi connectivity index (χ0n) is 12.1. The fraction of sp³-hybridized carbons (Fsp3) is 0.562. The summed E-state index contributed by atoms with van der Waals surface area (Å²) in [7, 11) is 0. The molecule has 1 aliphatic heterocycles. The first-order valence-corrected chi connectivity index (χ1v) is 7.45. The largest absolute Gasteiger partial charge is 0.507 e. The van der Waals surface area contributed by atoms with E-state index in [1.165, 1.54) is 32.0 Å². The summed E-state index contributed by atoms with van der Waals surface area (Å²) in [5.41, 5.74) is 0.347. The van der Waals surface area contributed by atoms with Crippen LogP contribution in [-0.4, -0.2) is 42.1 Å². The summed E-state index contributed by atoms with van der Waals surface area (Å²) in [5.74, 6) is 0.692. The van der Waals surface area contributed by atoms with E-state index in [9.17, 15) is 9.90 Å². The fourth-order valence-corrected chi connectivity index (χ4v) is 2.55. The minimum Gasteiger partial charge on any atom is -0.507 e. The first kappa shape index (κ1) is 14.9. The minimum absolute atomic E-state index is 0.0371. The summed E-state index contributed by atoms with van der Waals surface area (Å²) in [6.45, 7) is 6.35. The van der Waals surface area contributed by atoms with Gasteiger partial charge in [0.2, 0.25) is 0 Å². The molecule has 0 radical (unpaired) electrons. The zero-order chi connectivity index (χ0) is 14.4. The third-order valence-electron chi connectivity index (χ3n) is 3.96. The molecule has 1 aliphatic rings. The van der Waals surface area contributed by atoms with Gasteiger partial charge in [-0.2, -0.15) is 0 Å². The van der Waals surface area contributed by atoms with Crippen LogP contribution in [0.25, 0.3) is 0 Å². The maximum absolute atomic E-state index is 11.9. The second-order valence-corrected chi connectivity index (χ2v) is 5.65. The first-order chi connectivity index (χ1) is 9.66. The van der Waals surface area contributed by atoms with E-state index in [2.05, 4.69) is 17.1 Å². The lowest BCUT2D eigenvalue weighted by molar-refractivity contribution is 0.0948. The van der Waals surface area contributed by atoms with Gasteiger partial charge >= 0.3 is 0 Å². The molecule has 0 atom stereocenters. The Morgan fingerprint density at radius 2 is 2.05 bits per heavy atom. The SMILES string of the molecule is CC1CCN(CCCNC(=O)c2ccccc2O)CC1. The number of hydrogen-bond donors (Lipinski definition) is 2. The Labute approximate surface area is 120 Å². The molecule has 1 aromatic rings. The Morgan fingerprint density at radius 3 is 2.75 bits per heavy atom. The quantitative estimate of drug-likeness (QED) is 0.811. The van der Waals surface area contributed by atoms with E-state index in [-0.39, 0.29) is 11.7 Å². The van der Waals surface area contributed by atoms with E-state index in [0.717, 1.165) is 18.9 Å². The molecule has 1 saturated heterocycles. The van der Waals surface area contributed by atoms with Gasteiger partial charge in [-0.1, -0.05) is 19.1 Å². The Kier molecular flexibility index (Phi) is 5.41. The molecule has 1 amide bonds. The average molecular weight is 276 g/mol. The van der Waals surface area contributed by atoms with Crippen molar-refractivity contribution in [1.29, 1.82) is 0 Å². The van der Waals surface area contributed by atoms with Crippen LogP contribution in [0.5, 0.6) is 5.75 Å². The van der Waals surface area contributed by atoms with Crippen LogP contribution in [0.1, 0.15) is 36.5 Å². The lowest BCUT2D eigenvalue weighted by Gasteiger charge is -2.30. The summed E-state index contributed by atoms with van der Waals surface area (Å²) in [4.78, 5) is 14.3. The molecule has 0 saturated carbocycles. The van der Waals surface area contributed by atoms with Gasteiger partial charge in [-0.3, -0.25) is 4.79 Å². The summed E-state index contributed by atoms with van der Waals surface area (Å²) < 4.78 is 0. The molecule has 1 fully saturated rings. The second-order valence-electron chi connectivity index (χ2n) is 5.65. The van der Waals surface area contributed by atoms with Crippen LogP contribution in [0.3, 0.4) is 0 Å². The van der Waals surface area contributed by atoms with E-state index in [1.807, 2.05) is 0 Å². The van der Waals surface area contributed by atoms with Crippen molar-refractivity contribution in [3.05, 3.63) is 29.8 Å². The van der Waals surface area contributed by atoms with E-state index in [1.54, 1.807) is 18.2 Å². The Morgan fingerprint density at radius 1 is 1.35 bits per heavy atom. The van der Waals surface area contributed by atoms with Crippen molar-refractivity contribution in [2.75, 3.05) is 26.2 Å². The van der Waals surface area contributed by atoms with Crippen LogP contribution in [0.15, 0.2) is 24.3 Å². The van der Waals surface area contributed by atoms with Gasteiger partial charge < -0.3 is 15.3 Å². The number of piperidine rings is 1. The highest BCUT2D eigenvalue weighted by Gasteiger charge is 2.15. The predicted octanol–water partition coefficient (Wildman–Crippen LogP) is 2.24. The van der Waals surface area contributed by atoms with E-state index < -0.39 is 0 Å². The molecule has 4 heteroatoms. The van der Waals surface area contributed by atoms with Gasteiger partial charge in [0.15, 0.2) is 0 Å². The summed E-state index contributed by atoms with van der Waals surface area (Å²) in [5, 5.41) is 12.5. The number of phenols is 1. The molecular formula is C16H24N2O2. The highest BCUT2D eigenvalue weighted by atomic mass is 16.3. The Hall–Kier alpha value is -1.55. The van der Waals surface area contributed by atoms with Crippen molar-refractivity contribution in [2.45, 2.75) is 26.2 Å². The van der Waals surface area contributed by atoms with Gasteiger partial charge in [0, 0.05) is 6.54 Å². The van der Waals surface area contributed by atoms with Gasteiger partial charge in [0.1, 0.15) is 5.75 Å². The molecule has 2 rings (SSSR count). The van der Waals surface area contributed by atoms with Crippen LogP contribution >= 0.6 is 0 Å². The molecule has 20 heavy (non-hydrogen) atoms. The molecule has 1 aromatic carbocycles. The number of aromatic hydroxyl groups is 1. The molecule has 110 valence electrons.